The molecule has 4 nitrogen and oxygen atoms in total. The average molecular weight is 325 g/mol. The molecule has 0 saturated carbocycles. The van der Waals surface area contributed by atoms with E-state index in [0.717, 1.165) is 29.5 Å². The van der Waals surface area contributed by atoms with E-state index in [1.165, 1.54) is 19.3 Å². The Labute approximate surface area is 142 Å². The highest BCUT2D eigenvalue weighted by molar-refractivity contribution is 5.59. The molecule has 0 aromatic heterocycles. The highest BCUT2D eigenvalue weighted by atomic mass is 16.5. The van der Waals surface area contributed by atoms with Crippen LogP contribution in [-0.2, 0) is 4.74 Å². The van der Waals surface area contributed by atoms with Gasteiger partial charge in [0.15, 0.2) is 0 Å². The van der Waals surface area contributed by atoms with Crippen LogP contribution in [0.4, 0.5) is 5.69 Å². The fourth-order valence-electron chi connectivity index (χ4n) is 3.70. The Morgan fingerprint density at radius 3 is 2.67 bits per heavy atom. The summed E-state index contributed by atoms with van der Waals surface area (Å²) in [5.41, 5.74) is 1.00. The molecule has 2 aromatic carbocycles. The zero-order chi connectivity index (χ0) is 16.4. The van der Waals surface area contributed by atoms with Gasteiger partial charge in [-0.1, -0.05) is 18.2 Å². The maximum atomic E-state index is 5.92. The van der Waals surface area contributed by atoms with Crippen LogP contribution in [0, 0.1) is 5.92 Å². The van der Waals surface area contributed by atoms with Gasteiger partial charge in [-0.25, -0.2) is 0 Å². The minimum atomic E-state index is 0.439. The molecule has 126 valence electrons. The summed E-state index contributed by atoms with van der Waals surface area (Å²) in [5.74, 6) is 2.99. The molecule has 0 radical (unpaired) electrons. The van der Waals surface area contributed by atoms with Gasteiger partial charge < -0.3 is 19.5 Å². The summed E-state index contributed by atoms with van der Waals surface area (Å²) < 4.78 is 17.3. The van der Waals surface area contributed by atoms with Gasteiger partial charge in [-0.3, -0.25) is 0 Å². The maximum Gasteiger partial charge on any atom is 0.145 e. The number of para-hydroxylation sites is 1. The van der Waals surface area contributed by atoms with Gasteiger partial charge in [-0.05, 0) is 43.5 Å². The number of nitrogens with one attached hydrogen (secondary N) is 1. The second-order valence-electron chi connectivity index (χ2n) is 6.53. The van der Waals surface area contributed by atoms with Crippen molar-refractivity contribution < 1.29 is 14.2 Å². The van der Waals surface area contributed by atoms with Crippen molar-refractivity contribution in [3.05, 3.63) is 48.5 Å². The molecule has 2 heterocycles. The minimum Gasteiger partial charge on any atom is -0.494 e. The van der Waals surface area contributed by atoms with E-state index in [4.69, 9.17) is 14.2 Å². The quantitative estimate of drug-likeness (QED) is 0.851. The maximum absolute atomic E-state index is 5.92. The summed E-state index contributed by atoms with van der Waals surface area (Å²) in [6.07, 6.45) is 4.54. The molecule has 4 rings (SSSR count). The number of anilines is 1. The summed E-state index contributed by atoms with van der Waals surface area (Å²) in [6.45, 7) is 0.927. The van der Waals surface area contributed by atoms with Crippen molar-refractivity contribution >= 4 is 5.69 Å². The molecule has 2 saturated heterocycles. The molecule has 0 aliphatic carbocycles. The van der Waals surface area contributed by atoms with Crippen LogP contribution in [0.1, 0.15) is 19.3 Å². The van der Waals surface area contributed by atoms with Crippen molar-refractivity contribution in [1.29, 1.82) is 0 Å². The Bertz CT molecular complexity index is 689. The number of benzene rings is 2. The summed E-state index contributed by atoms with van der Waals surface area (Å²) in [7, 11) is 1.69. The molecule has 2 bridgehead atoms. The first kappa shape index (κ1) is 15.3. The van der Waals surface area contributed by atoms with Crippen LogP contribution in [-0.4, -0.2) is 25.9 Å². The molecule has 0 amide bonds. The molecule has 2 aliphatic heterocycles. The Kier molecular flexibility index (Phi) is 4.30. The molecule has 2 fully saturated rings. The number of fused-ring (bicyclic) bond motifs is 2. The Morgan fingerprint density at radius 2 is 1.96 bits per heavy atom. The first-order valence-corrected chi connectivity index (χ1v) is 8.62. The third-order valence-corrected chi connectivity index (χ3v) is 4.94. The van der Waals surface area contributed by atoms with Crippen LogP contribution in [0.2, 0.25) is 0 Å². The predicted octanol–water partition coefficient (Wildman–Crippen LogP) is 4.47. The zero-order valence-electron chi connectivity index (χ0n) is 13.9. The van der Waals surface area contributed by atoms with Crippen LogP contribution in [0.25, 0.3) is 0 Å². The van der Waals surface area contributed by atoms with Crippen molar-refractivity contribution in [3.8, 4) is 17.2 Å². The summed E-state index contributed by atoms with van der Waals surface area (Å²) in [4.78, 5) is 0. The van der Waals surface area contributed by atoms with E-state index in [1.54, 1.807) is 7.11 Å². The first-order valence-electron chi connectivity index (χ1n) is 8.62. The summed E-state index contributed by atoms with van der Waals surface area (Å²) in [6, 6.07) is 15.7. The van der Waals surface area contributed by atoms with E-state index in [1.807, 2.05) is 48.5 Å². The van der Waals surface area contributed by atoms with Crippen LogP contribution in [0.5, 0.6) is 17.2 Å². The highest BCUT2D eigenvalue weighted by Crippen LogP contribution is 2.39. The van der Waals surface area contributed by atoms with Crippen LogP contribution in [0.3, 0.4) is 0 Å². The monoisotopic (exact) mass is 325 g/mol. The van der Waals surface area contributed by atoms with Gasteiger partial charge in [-0.2, -0.15) is 0 Å². The largest absolute Gasteiger partial charge is 0.494 e. The Hall–Kier alpha value is -2.20. The summed E-state index contributed by atoms with van der Waals surface area (Å²) >= 11 is 0. The van der Waals surface area contributed by atoms with Gasteiger partial charge in [-0.15, -0.1) is 0 Å². The van der Waals surface area contributed by atoms with Gasteiger partial charge in [0.05, 0.1) is 25.0 Å². The topological polar surface area (TPSA) is 39.7 Å². The zero-order valence-corrected chi connectivity index (χ0v) is 13.9. The van der Waals surface area contributed by atoms with E-state index in [0.29, 0.717) is 18.1 Å². The highest BCUT2D eigenvalue weighted by Gasteiger charge is 2.40. The lowest BCUT2D eigenvalue weighted by Crippen LogP contribution is -2.24. The van der Waals surface area contributed by atoms with E-state index >= 15 is 0 Å². The van der Waals surface area contributed by atoms with Gasteiger partial charge in [0, 0.05) is 18.5 Å². The molecule has 2 aromatic rings. The average Bonchev–Trinajstić information content (AvgIpc) is 3.24. The van der Waals surface area contributed by atoms with E-state index in [-0.39, 0.29) is 0 Å². The Morgan fingerprint density at radius 1 is 1.08 bits per heavy atom. The van der Waals surface area contributed by atoms with Crippen molar-refractivity contribution in [2.24, 2.45) is 5.92 Å². The molecule has 3 unspecified atom stereocenters. The number of ether oxygens (including phenoxy) is 3. The lowest BCUT2D eigenvalue weighted by molar-refractivity contribution is 0.0941. The minimum absolute atomic E-state index is 0.439. The SMILES string of the molecule is COc1cc(Oc2ccccc2)ccc1NCC1CC2CCC1O2. The first-order chi connectivity index (χ1) is 11.8. The van der Waals surface area contributed by atoms with Crippen molar-refractivity contribution in [2.75, 3.05) is 19.0 Å². The summed E-state index contributed by atoms with van der Waals surface area (Å²) in [5, 5.41) is 3.52. The molecular formula is C20H23NO3. The smallest absolute Gasteiger partial charge is 0.145 e. The molecule has 24 heavy (non-hydrogen) atoms. The molecule has 0 spiro atoms. The van der Waals surface area contributed by atoms with Gasteiger partial charge in [0.25, 0.3) is 0 Å². The Balaban J connectivity index is 1.42. The molecule has 1 N–H and O–H groups in total. The third-order valence-electron chi connectivity index (χ3n) is 4.94. The van der Waals surface area contributed by atoms with E-state index in [2.05, 4.69) is 5.32 Å². The normalized spacial score (nSPS) is 24.8. The fourth-order valence-corrected chi connectivity index (χ4v) is 3.70. The van der Waals surface area contributed by atoms with Crippen LogP contribution < -0.4 is 14.8 Å². The molecule has 3 atom stereocenters. The molecule has 2 aliphatic rings. The number of rotatable bonds is 6. The number of hydrogen-bond acceptors (Lipinski definition) is 4. The van der Waals surface area contributed by atoms with Crippen molar-refractivity contribution in [2.45, 2.75) is 31.5 Å². The van der Waals surface area contributed by atoms with Crippen molar-refractivity contribution in [3.63, 3.8) is 0 Å². The van der Waals surface area contributed by atoms with Crippen LogP contribution in [0.15, 0.2) is 48.5 Å². The standard InChI is InChI=1S/C20H23NO3/c1-22-20-12-17(23-15-5-3-2-4-6-15)7-9-18(20)21-13-14-11-16-8-10-19(14)24-16/h2-7,9,12,14,16,19,21H,8,10-11,13H2,1H3. The van der Waals surface area contributed by atoms with Crippen molar-refractivity contribution in [1.82, 2.24) is 0 Å². The number of hydrogen-bond donors (Lipinski definition) is 1. The second-order valence-corrected chi connectivity index (χ2v) is 6.53. The second kappa shape index (κ2) is 6.73. The van der Waals surface area contributed by atoms with Gasteiger partial charge in [0.1, 0.15) is 17.2 Å². The third kappa shape index (κ3) is 3.20. The fraction of sp³-hybridized carbons (Fsp3) is 0.400. The lowest BCUT2D eigenvalue weighted by Gasteiger charge is -2.20. The van der Waals surface area contributed by atoms with Gasteiger partial charge in [0.2, 0.25) is 0 Å². The van der Waals surface area contributed by atoms with E-state index in [9.17, 15) is 0 Å². The van der Waals surface area contributed by atoms with Gasteiger partial charge >= 0.3 is 0 Å². The number of methoxy groups -OCH3 is 1. The lowest BCUT2D eigenvalue weighted by atomic mass is 9.89. The molecular weight excluding hydrogens is 302 g/mol. The van der Waals surface area contributed by atoms with Crippen LogP contribution >= 0.6 is 0 Å². The van der Waals surface area contributed by atoms with E-state index < -0.39 is 0 Å². The molecule has 4 heteroatoms. The predicted molar refractivity (Wildman–Crippen MR) is 94.0 cm³/mol.